The average molecular weight is 632 g/mol. The number of nitrogens with one attached hydrogen (secondary N) is 2. The van der Waals surface area contributed by atoms with Crippen molar-refractivity contribution in [3.63, 3.8) is 0 Å². The van der Waals surface area contributed by atoms with Gasteiger partial charge in [0.15, 0.2) is 11.7 Å². The monoisotopic (exact) mass is 630 g/mol. The smallest absolute Gasteiger partial charge is 0.173 e. The molecule has 2 rings (SSSR count). The quantitative estimate of drug-likeness (QED) is 0.0852. The van der Waals surface area contributed by atoms with Gasteiger partial charge in [-0.05, 0) is 62.4 Å². The number of anilines is 2. The van der Waals surface area contributed by atoms with Crippen LogP contribution in [0.5, 0.6) is 0 Å². The van der Waals surface area contributed by atoms with Crippen molar-refractivity contribution >= 4 is 92.2 Å². The lowest BCUT2D eigenvalue weighted by molar-refractivity contribution is 0.236. The van der Waals surface area contributed by atoms with E-state index in [0.29, 0.717) is 72.5 Å². The maximum atomic E-state index is 9.64. The first kappa shape index (κ1) is 33.6. The van der Waals surface area contributed by atoms with Crippen molar-refractivity contribution in [2.45, 2.75) is 13.8 Å². The van der Waals surface area contributed by atoms with Crippen molar-refractivity contribution in [3.05, 3.63) is 48.5 Å². The van der Waals surface area contributed by atoms with Gasteiger partial charge in [0.05, 0.1) is 11.4 Å². The molecular weight excluding hydrogens is 598 g/mol. The van der Waals surface area contributed by atoms with Crippen LogP contribution in [0.25, 0.3) is 0 Å². The third kappa shape index (κ3) is 10.8. The number of rotatable bonds is 15. The Morgan fingerprint density at radius 2 is 0.900 bits per heavy atom. The largest absolute Gasteiger partial charge is 0.369 e. The Balaban J connectivity index is 2.19. The topological polar surface area (TPSA) is 120 Å². The van der Waals surface area contributed by atoms with Gasteiger partial charge in [-0.25, -0.2) is 9.98 Å². The van der Waals surface area contributed by atoms with Crippen LogP contribution in [-0.4, -0.2) is 83.2 Å². The standard InChI is InChI=1S/C26H34Cl4N8O2/c1-19(25(35-39)31-21-3-7-23(8-4-21)37(15-11-27)16-12-28)33-34-20(2)26(36-40)32-22-5-9-24(10-6-22)38(17-13-29)18-14-30/h3-10,39-40H,11-18H2,1-2H3,(H,31,35)(H,32,36)/b33-19+,34-20+. The first-order valence-electron chi connectivity index (χ1n) is 12.4. The lowest BCUT2D eigenvalue weighted by Crippen LogP contribution is -2.28. The molecule has 0 spiro atoms. The third-order valence-corrected chi connectivity index (χ3v) is 6.25. The maximum absolute atomic E-state index is 9.64. The first-order chi connectivity index (χ1) is 19.4. The molecule has 0 amide bonds. The predicted molar refractivity (Wildman–Crippen MR) is 170 cm³/mol. The molecule has 0 aliphatic carbocycles. The Morgan fingerprint density at radius 3 is 1.15 bits per heavy atom. The molecule has 0 radical (unpaired) electrons. The highest BCUT2D eigenvalue weighted by atomic mass is 35.5. The SMILES string of the molecule is C/C(=N\N=C(/C)C(=Nc1ccc(N(CCCl)CCCl)cc1)NO)C(=Nc1ccc(N(CCCl)CCCl)cc1)NO. The van der Waals surface area contributed by atoms with Crippen LogP contribution in [0.2, 0.25) is 0 Å². The molecule has 0 atom stereocenters. The van der Waals surface area contributed by atoms with Crippen molar-refractivity contribution < 1.29 is 10.4 Å². The fourth-order valence-corrected chi connectivity index (χ4v) is 4.32. The van der Waals surface area contributed by atoms with Gasteiger partial charge in [-0.3, -0.25) is 21.4 Å². The molecular formula is C26H34Cl4N8O2. The van der Waals surface area contributed by atoms with E-state index in [-0.39, 0.29) is 11.7 Å². The summed E-state index contributed by atoms with van der Waals surface area (Å²) >= 11 is 23.6. The Hall–Kier alpha value is -2.60. The van der Waals surface area contributed by atoms with E-state index in [1.807, 2.05) is 24.3 Å². The average Bonchev–Trinajstić information content (AvgIpc) is 2.97. The number of hydrogen-bond acceptors (Lipinski definition) is 8. The first-order valence-corrected chi connectivity index (χ1v) is 14.6. The molecule has 40 heavy (non-hydrogen) atoms. The summed E-state index contributed by atoms with van der Waals surface area (Å²) in [5, 5.41) is 27.5. The highest BCUT2D eigenvalue weighted by Crippen LogP contribution is 2.21. The fraction of sp³-hybridized carbons (Fsp3) is 0.385. The zero-order valence-corrected chi connectivity index (χ0v) is 25.4. The van der Waals surface area contributed by atoms with Crippen molar-refractivity contribution in [1.29, 1.82) is 0 Å². The Bertz CT molecular complexity index is 1050. The van der Waals surface area contributed by atoms with Gasteiger partial charge in [-0.15, -0.1) is 46.4 Å². The van der Waals surface area contributed by atoms with E-state index in [1.165, 1.54) is 0 Å². The number of hydrogen-bond donors (Lipinski definition) is 4. The normalized spacial score (nSPS) is 12.9. The number of amidine groups is 2. The van der Waals surface area contributed by atoms with Gasteiger partial charge >= 0.3 is 0 Å². The van der Waals surface area contributed by atoms with Gasteiger partial charge in [-0.2, -0.15) is 10.2 Å². The number of nitrogens with zero attached hydrogens (tertiary/aromatic N) is 6. The van der Waals surface area contributed by atoms with E-state index >= 15 is 0 Å². The van der Waals surface area contributed by atoms with Crippen molar-refractivity contribution in [2.75, 3.05) is 59.5 Å². The summed E-state index contributed by atoms with van der Waals surface area (Å²) in [5.41, 5.74) is 7.82. The summed E-state index contributed by atoms with van der Waals surface area (Å²) < 4.78 is 0. The maximum Gasteiger partial charge on any atom is 0.173 e. The molecule has 0 fully saturated rings. The number of benzene rings is 2. The molecule has 0 bridgehead atoms. The van der Waals surface area contributed by atoms with Crippen molar-refractivity contribution in [1.82, 2.24) is 11.0 Å². The number of aliphatic imine (C=N–C) groups is 2. The highest BCUT2D eigenvalue weighted by Gasteiger charge is 2.09. The summed E-state index contributed by atoms with van der Waals surface area (Å²) in [6.07, 6.45) is 0. The minimum absolute atomic E-state index is 0.104. The molecule has 0 aromatic heterocycles. The third-order valence-electron chi connectivity index (χ3n) is 5.58. The van der Waals surface area contributed by atoms with E-state index in [0.717, 1.165) is 11.4 Å². The molecule has 14 heteroatoms. The second-order valence-electron chi connectivity index (χ2n) is 8.28. The van der Waals surface area contributed by atoms with Crippen LogP contribution in [-0.2, 0) is 0 Å². The second-order valence-corrected chi connectivity index (χ2v) is 9.79. The lowest BCUT2D eigenvalue weighted by Gasteiger charge is -2.22. The van der Waals surface area contributed by atoms with Crippen LogP contribution in [0.1, 0.15) is 13.8 Å². The predicted octanol–water partition coefficient (Wildman–Crippen LogP) is 5.81. The van der Waals surface area contributed by atoms with Crippen LogP contribution in [0, 0.1) is 0 Å². The van der Waals surface area contributed by atoms with E-state index in [4.69, 9.17) is 46.4 Å². The Morgan fingerprint density at radius 1 is 0.600 bits per heavy atom. The molecule has 2 aromatic carbocycles. The molecule has 0 heterocycles. The fourth-order valence-electron chi connectivity index (χ4n) is 3.50. The van der Waals surface area contributed by atoms with Crippen molar-refractivity contribution in [2.24, 2.45) is 20.2 Å². The molecule has 0 aliphatic rings. The molecule has 0 aliphatic heterocycles. The number of hydroxylamine groups is 2. The van der Waals surface area contributed by atoms with Gasteiger partial charge in [0.1, 0.15) is 11.4 Å². The molecule has 10 nitrogen and oxygen atoms in total. The summed E-state index contributed by atoms with van der Waals surface area (Å²) in [7, 11) is 0. The summed E-state index contributed by atoms with van der Waals surface area (Å²) in [5.74, 6) is 2.15. The molecule has 0 saturated heterocycles. The lowest BCUT2D eigenvalue weighted by atomic mass is 10.2. The summed E-state index contributed by atoms with van der Waals surface area (Å²) in [4.78, 5) is 12.9. The minimum atomic E-state index is 0.104. The molecule has 0 saturated carbocycles. The van der Waals surface area contributed by atoms with Gasteiger partial charge < -0.3 is 9.80 Å². The van der Waals surface area contributed by atoms with Gasteiger partial charge in [0, 0.05) is 61.1 Å². The highest BCUT2D eigenvalue weighted by molar-refractivity contribution is 6.42. The van der Waals surface area contributed by atoms with Crippen LogP contribution in [0.4, 0.5) is 22.7 Å². The molecule has 4 N–H and O–H groups in total. The summed E-state index contributed by atoms with van der Waals surface area (Å²) in [6.45, 7) is 5.94. The van der Waals surface area contributed by atoms with E-state index in [9.17, 15) is 10.4 Å². The van der Waals surface area contributed by atoms with Crippen LogP contribution >= 0.6 is 46.4 Å². The van der Waals surface area contributed by atoms with Crippen LogP contribution in [0.15, 0.2) is 68.7 Å². The van der Waals surface area contributed by atoms with Crippen LogP contribution < -0.4 is 20.8 Å². The molecule has 218 valence electrons. The van der Waals surface area contributed by atoms with Gasteiger partial charge in [0.2, 0.25) is 0 Å². The minimum Gasteiger partial charge on any atom is -0.369 e. The van der Waals surface area contributed by atoms with Crippen molar-refractivity contribution in [3.8, 4) is 0 Å². The van der Waals surface area contributed by atoms with E-state index in [2.05, 4.69) is 40.9 Å². The van der Waals surface area contributed by atoms with E-state index in [1.54, 1.807) is 38.1 Å². The molecule has 0 unspecified atom stereocenters. The van der Waals surface area contributed by atoms with Crippen LogP contribution in [0.3, 0.4) is 0 Å². The zero-order chi connectivity index (χ0) is 29.3. The Kier molecular flexibility index (Phi) is 15.7. The Labute approximate surface area is 254 Å². The zero-order valence-electron chi connectivity index (χ0n) is 22.4. The number of halogens is 4. The van der Waals surface area contributed by atoms with Gasteiger partial charge in [0.25, 0.3) is 0 Å². The van der Waals surface area contributed by atoms with Gasteiger partial charge in [-0.1, -0.05) is 0 Å². The second kappa shape index (κ2) is 18.7. The molecule has 2 aromatic rings. The summed E-state index contributed by atoms with van der Waals surface area (Å²) in [6, 6.07) is 14.8. The number of alkyl halides is 4. The van der Waals surface area contributed by atoms with E-state index < -0.39 is 0 Å².